The maximum absolute atomic E-state index is 12.6. The van der Waals surface area contributed by atoms with Gasteiger partial charge in [-0.15, -0.1) is 0 Å². The number of aromatic nitrogens is 1. The molecule has 2 saturated heterocycles. The molecule has 3 heterocycles. The lowest BCUT2D eigenvalue weighted by atomic mass is 9.92. The highest BCUT2D eigenvalue weighted by Crippen LogP contribution is 2.29. The topological polar surface area (TPSA) is 65.5 Å². The summed E-state index contributed by atoms with van der Waals surface area (Å²) in [6.45, 7) is 3.49. The van der Waals surface area contributed by atoms with Gasteiger partial charge in [0.05, 0.1) is 16.6 Å². The summed E-state index contributed by atoms with van der Waals surface area (Å²) in [5.41, 5.74) is 1.57. The third-order valence-electron chi connectivity index (χ3n) is 6.25. The van der Waals surface area contributed by atoms with Crippen molar-refractivity contribution in [3.05, 3.63) is 63.9 Å². The van der Waals surface area contributed by atoms with Gasteiger partial charge in [0.2, 0.25) is 5.91 Å². The molecule has 2 fully saturated rings. The van der Waals surface area contributed by atoms with Gasteiger partial charge in [-0.3, -0.25) is 19.5 Å². The van der Waals surface area contributed by atoms with Crippen LogP contribution >= 0.6 is 23.2 Å². The van der Waals surface area contributed by atoms with Crippen LogP contribution < -0.4 is 5.32 Å². The Kier molecular flexibility index (Phi) is 7.10. The Morgan fingerprint density at radius 3 is 2.55 bits per heavy atom. The minimum absolute atomic E-state index is 0.0203. The molecule has 31 heavy (non-hydrogen) atoms. The summed E-state index contributed by atoms with van der Waals surface area (Å²) in [7, 11) is 0. The van der Waals surface area contributed by atoms with Crippen molar-refractivity contribution in [2.75, 3.05) is 32.7 Å². The van der Waals surface area contributed by atoms with E-state index in [1.165, 1.54) is 11.8 Å². The molecule has 0 radical (unpaired) electrons. The van der Waals surface area contributed by atoms with Gasteiger partial charge in [0.15, 0.2) is 0 Å². The molecule has 164 valence electrons. The molecule has 0 saturated carbocycles. The van der Waals surface area contributed by atoms with Gasteiger partial charge in [-0.1, -0.05) is 29.3 Å². The van der Waals surface area contributed by atoms with E-state index in [1.54, 1.807) is 12.1 Å². The van der Waals surface area contributed by atoms with Crippen molar-refractivity contribution >= 4 is 35.0 Å². The Morgan fingerprint density at radius 2 is 1.84 bits per heavy atom. The quantitative estimate of drug-likeness (QED) is 0.739. The number of hydrogen-bond acceptors (Lipinski definition) is 4. The lowest BCUT2D eigenvalue weighted by Crippen LogP contribution is -2.44. The van der Waals surface area contributed by atoms with Gasteiger partial charge in [-0.05, 0) is 62.7 Å². The van der Waals surface area contributed by atoms with Crippen LogP contribution in [-0.4, -0.2) is 65.4 Å². The number of benzene rings is 1. The van der Waals surface area contributed by atoms with Crippen LogP contribution in [0.4, 0.5) is 0 Å². The van der Waals surface area contributed by atoms with Crippen LogP contribution in [-0.2, 0) is 4.79 Å². The summed E-state index contributed by atoms with van der Waals surface area (Å²) in [6, 6.07) is 11.2. The van der Waals surface area contributed by atoms with Crippen molar-refractivity contribution in [2.24, 2.45) is 0 Å². The second-order valence-electron chi connectivity index (χ2n) is 8.16. The average molecular weight is 461 g/mol. The lowest BCUT2D eigenvalue weighted by Gasteiger charge is -2.35. The van der Waals surface area contributed by atoms with Gasteiger partial charge in [-0.2, -0.15) is 0 Å². The number of amides is 2. The van der Waals surface area contributed by atoms with Gasteiger partial charge >= 0.3 is 0 Å². The summed E-state index contributed by atoms with van der Waals surface area (Å²) >= 11 is 11.8. The van der Waals surface area contributed by atoms with E-state index >= 15 is 0 Å². The molecule has 0 aliphatic carbocycles. The van der Waals surface area contributed by atoms with Crippen LogP contribution in [0.15, 0.2) is 42.6 Å². The van der Waals surface area contributed by atoms with E-state index in [0.717, 1.165) is 45.4 Å². The van der Waals surface area contributed by atoms with E-state index in [4.69, 9.17) is 23.2 Å². The Morgan fingerprint density at radius 1 is 1.03 bits per heavy atom. The van der Waals surface area contributed by atoms with Crippen molar-refractivity contribution in [1.82, 2.24) is 20.1 Å². The highest BCUT2D eigenvalue weighted by Gasteiger charge is 2.33. The highest BCUT2D eigenvalue weighted by molar-refractivity contribution is 6.42. The fourth-order valence-electron chi connectivity index (χ4n) is 4.45. The number of carbonyl (C=O) groups is 2. The smallest absolute Gasteiger partial charge is 0.251 e. The van der Waals surface area contributed by atoms with Gasteiger partial charge in [0.1, 0.15) is 0 Å². The first-order valence-corrected chi connectivity index (χ1v) is 11.4. The molecule has 2 aliphatic heterocycles. The average Bonchev–Trinajstić information content (AvgIpc) is 3.30. The van der Waals surface area contributed by atoms with E-state index < -0.39 is 0 Å². The van der Waals surface area contributed by atoms with Crippen LogP contribution in [0.3, 0.4) is 0 Å². The largest absolute Gasteiger partial charge is 0.343 e. The lowest BCUT2D eigenvalue weighted by molar-refractivity contribution is -0.129. The molecule has 0 spiro atoms. The number of carbonyl (C=O) groups excluding carboxylic acids is 2. The van der Waals surface area contributed by atoms with Crippen molar-refractivity contribution in [3.63, 3.8) is 0 Å². The Hall–Kier alpha value is -2.15. The zero-order valence-corrected chi connectivity index (χ0v) is 18.8. The molecule has 1 atom stereocenters. The van der Waals surface area contributed by atoms with E-state index in [0.29, 0.717) is 27.6 Å². The molecule has 6 nitrogen and oxygen atoms in total. The van der Waals surface area contributed by atoms with E-state index in [9.17, 15) is 9.59 Å². The first kappa shape index (κ1) is 22.1. The minimum Gasteiger partial charge on any atom is -0.343 e. The molecule has 8 heteroatoms. The summed E-state index contributed by atoms with van der Waals surface area (Å²) in [5, 5.41) is 3.39. The number of pyridine rings is 1. The summed E-state index contributed by atoms with van der Waals surface area (Å²) in [6.07, 6.45) is 5.03. The van der Waals surface area contributed by atoms with Crippen molar-refractivity contribution in [1.29, 1.82) is 0 Å². The second-order valence-corrected chi connectivity index (χ2v) is 8.97. The van der Waals surface area contributed by atoms with Crippen molar-refractivity contribution in [2.45, 2.75) is 31.2 Å². The maximum Gasteiger partial charge on any atom is 0.251 e. The molecular formula is C23H26Cl2N4O2. The van der Waals surface area contributed by atoms with Crippen molar-refractivity contribution < 1.29 is 9.59 Å². The fourth-order valence-corrected chi connectivity index (χ4v) is 4.75. The van der Waals surface area contributed by atoms with E-state index in [2.05, 4.69) is 27.3 Å². The summed E-state index contributed by atoms with van der Waals surface area (Å²) in [4.78, 5) is 33.8. The fraction of sp³-hybridized carbons (Fsp3) is 0.435. The number of rotatable bonds is 5. The first-order valence-electron chi connectivity index (χ1n) is 10.7. The number of halogens is 2. The van der Waals surface area contributed by atoms with Gasteiger partial charge in [0.25, 0.3) is 5.91 Å². The molecule has 2 aliphatic rings. The van der Waals surface area contributed by atoms with Gasteiger partial charge in [-0.25, -0.2) is 0 Å². The van der Waals surface area contributed by atoms with Crippen LogP contribution in [0.5, 0.6) is 0 Å². The third kappa shape index (κ3) is 5.37. The van der Waals surface area contributed by atoms with E-state index in [1.807, 2.05) is 17.2 Å². The van der Waals surface area contributed by atoms with Gasteiger partial charge in [0, 0.05) is 42.5 Å². The number of nitrogens with one attached hydrogen (secondary N) is 1. The highest BCUT2D eigenvalue weighted by atomic mass is 35.5. The second kappa shape index (κ2) is 9.98. The molecular weight excluding hydrogens is 435 g/mol. The first-order chi connectivity index (χ1) is 15.0. The SMILES string of the molecule is O=C(NCC(=O)N1CCC(N2CCC(c3ccccn3)CC2)C1)c1ccc(Cl)c(Cl)c1. The molecule has 2 aromatic rings. The number of likely N-dealkylation sites (tertiary alicyclic amines) is 2. The molecule has 1 N–H and O–H groups in total. The Bertz CT molecular complexity index is 932. The normalized spacial score (nSPS) is 20.1. The van der Waals surface area contributed by atoms with Gasteiger partial charge < -0.3 is 10.2 Å². The number of nitrogens with zero attached hydrogens (tertiary/aromatic N) is 3. The minimum atomic E-state index is -0.334. The van der Waals surface area contributed by atoms with Crippen LogP contribution in [0, 0.1) is 0 Å². The summed E-state index contributed by atoms with van der Waals surface area (Å²) < 4.78 is 0. The molecule has 4 rings (SSSR count). The Labute approximate surface area is 192 Å². The standard InChI is InChI=1S/C23H26Cl2N4O2/c24-19-5-4-17(13-20(19)25)23(31)27-14-22(30)29-12-8-18(15-29)28-10-6-16(7-11-28)21-3-1-2-9-26-21/h1-5,9,13,16,18H,6-8,10-12,14-15H2,(H,27,31). The summed E-state index contributed by atoms with van der Waals surface area (Å²) in [5.74, 6) is 0.131. The zero-order chi connectivity index (χ0) is 21.8. The molecule has 1 unspecified atom stereocenters. The van der Waals surface area contributed by atoms with Crippen LogP contribution in [0.25, 0.3) is 0 Å². The third-order valence-corrected chi connectivity index (χ3v) is 6.99. The van der Waals surface area contributed by atoms with Crippen LogP contribution in [0.2, 0.25) is 10.0 Å². The van der Waals surface area contributed by atoms with Crippen molar-refractivity contribution in [3.8, 4) is 0 Å². The number of hydrogen-bond donors (Lipinski definition) is 1. The molecule has 2 amide bonds. The zero-order valence-electron chi connectivity index (χ0n) is 17.3. The predicted molar refractivity (Wildman–Crippen MR) is 122 cm³/mol. The maximum atomic E-state index is 12.6. The van der Waals surface area contributed by atoms with Crippen LogP contribution in [0.1, 0.15) is 41.2 Å². The monoisotopic (exact) mass is 460 g/mol. The molecule has 0 bridgehead atoms. The Balaban J connectivity index is 1.23. The molecule has 1 aromatic carbocycles. The molecule has 1 aromatic heterocycles. The predicted octanol–water partition coefficient (Wildman–Crippen LogP) is 3.60. The van der Waals surface area contributed by atoms with E-state index in [-0.39, 0.29) is 18.4 Å². The number of piperidine rings is 1.